The Labute approximate surface area is 172 Å². The van der Waals surface area contributed by atoms with E-state index >= 15 is 0 Å². The summed E-state index contributed by atoms with van der Waals surface area (Å²) in [7, 11) is 5.88. The average molecular weight is 415 g/mol. The standard InChI is InChI=1S/C22H33F3N2O2/c1-26(2)15-4-5-17-6-8-18(9-7-17)14-16-27(3)21(28)29-20-12-10-19(11-13-20)22(23,24)25/h10-13,17-18H,4-9,14-16H2,1-3H3. The van der Waals surface area contributed by atoms with Crippen molar-refractivity contribution in [3.8, 4) is 5.75 Å². The van der Waals surface area contributed by atoms with Gasteiger partial charge in [-0.1, -0.05) is 25.7 Å². The number of nitrogens with zero attached hydrogens (tertiary/aromatic N) is 2. The van der Waals surface area contributed by atoms with Gasteiger partial charge in [-0.2, -0.15) is 13.2 Å². The molecule has 0 radical (unpaired) electrons. The Kier molecular flexibility index (Phi) is 8.80. The molecule has 0 saturated heterocycles. The van der Waals surface area contributed by atoms with Crippen LogP contribution in [0.4, 0.5) is 18.0 Å². The van der Waals surface area contributed by atoms with E-state index in [1.54, 1.807) is 7.05 Å². The highest BCUT2D eigenvalue weighted by atomic mass is 19.4. The lowest BCUT2D eigenvalue weighted by atomic mass is 9.78. The van der Waals surface area contributed by atoms with E-state index in [-0.39, 0.29) is 5.75 Å². The number of benzene rings is 1. The monoisotopic (exact) mass is 414 g/mol. The molecular formula is C22H33F3N2O2. The Hall–Kier alpha value is -1.76. The van der Waals surface area contributed by atoms with Crippen molar-refractivity contribution in [3.63, 3.8) is 0 Å². The van der Waals surface area contributed by atoms with Crippen molar-refractivity contribution in [3.05, 3.63) is 29.8 Å². The fourth-order valence-corrected chi connectivity index (χ4v) is 3.86. The highest BCUT2D eigenvalue weighted by molar-refractivity contribution is 5.70. The van der Waals surface area contributed by atoms with Gasteiger partial charge in [0.2, 0.25) is 0 Å². The van der Waals surface area contributed by atoms with Gasteiger partial charge in [0, 0.05) is 13.6 Å². The molecule has 2 rings (SSSR count). The summed E-state index contributed by atoms with van der Waals surface area (Å²) in [5.41, 5.74) is -0.761. The van der Waals surface area contributed by atoms with Crippen LogP contribution in [0, 0.1) is 11.8 Å². The molecule has 1 amide bonds. The summed E-state index contributed by atoms with van der Waals surface area (Å²) in [6.07, 6.45) is 3.47. The van der Waals surface area contributed by atoms with Crippen molar-refractivity contribution < 1.29 is 22.7 Å². The molecule has 4 nitrogen and oxygen atoms in total. The minimum Gasteiger partial charge on any atom is -0.410 e. The van der Waals surface area contributed by atoms with E-state index in [2.05, 4.69) is 19.0 Å². The van der Waals surface area contributed by atoms with Crippen LogP contribution in [0.1, 0.15) is 50.5 Å². The van der Waals surface area contributed by atoms with E-state index in [0.717, 1.165) is 31.0 Å². The average Bonchev–Trinajstić information content (AvgIpc) is 2.66. The summed E-state index contributed by atoms with van der Waals surface area (Å²) >= 11 is 0. The smallest absolute Gasteiger partial charge is 0.410 e. The molecule has 1 aromatic carbocycles. The van der Waals surface area contributed by atoms with Gasteiger partial charge in [-0.25, -0.2) is 4.79 Å². The van der Waals surface area contributed by atoms with Crippen molar-refractivity contribution in [2.45, 2.75) is 51.1 Å². The van der Waals surface area contributed by atoms with Crippen LogP contribution in [0.3, 0.4) is 0 Å². The molecule has 0 bridgehead atoms. The maximum absolute atomic E-state index is 12.6. The molecule has 0 spiro atoms. The molecule has 1 aliphatic carbocycles. The van der Waals surface area contributed by atoms with E-state index in [1.807, 2.05) is 0 Å². The largest absolute Gasteiger partial charge is 0.416 e. The number of alkyl halides is 3. The molecule has 7 heteroatoms. The number of carbonyl (C=O) groups excluding carboxylic acids is 1. The second-order valence-electron chi connectivity index (χ2n) is 8.43. The Morgan fingerprint density at radius 3 is 2.03 bits per heavy atom. The van der Waals surface area contributed by atoms with Crippen LogP contribution < -0.4 is 4.74 Å². The quantitative estimate of drug-likeness (QED) is 0.549. The lowest BCUT2D eigenvalue weighted by Crippen LogP contribution is -2.32. The first-order chi connectivity index (χ1) is 13.6. The van der Waals surface area contributed by atoms with Gasteiger partial charge in [-0.05, 0) is 76.0 Å². The maximum atomic E-state index is 12.6. The van der Waals surface area contributed by atoms with Crippen molar-refractivity contribution >= 4 is 6.09 Å². The first kappa shape index (κ1) is 23.5. The molecule has 1 saturated carbocycles. The first-order valence-corrected chi connectivity index (χ1v) is 10.4. The van der Waals surface area contributed by atoms with E-state index in [9.17, 15) is 18.0 Å². The Morgan fingerprint density at radius 2 is 1.52 bits per heavy atom. The summed E-state index contributed by atoms with van der Waals surface area (Å²) < 4.78 is 42.9. The van der Waals surface area contributed by atoms with Gasteiger partial charge in [0.25, 0.3) is 0 Å². The molecule has 0 aliphatic heterocycles. The SMILES string of the molecule is CN(C)CCCC1CCC(CCN(C)C(=O)Oc2ccc(C(F)(F)F)cc2)CC1. The number of halogens is 3. The normalized spacial score (nSPS) is 20.0. The van der Waals surface area contributed by atoms with Gasteiger partial charge in [0.15, 0.2) is 0 Å². The molecule has 1 aliphatic rings. The summed E-state index contributed by atoms with van der Waals surface area (Å²) in [5.74, 6) is 1.57. The zero-order valence-corrected chi connectivity index (χ0v) is 17.7. The third-order valence-corrected chi connectivity index (χ3v) is 5.76. The molecule has 29 heavy (non-hydrogen) atoms. The highest BCUT2D eigenvalue weighted by Gasteiger charge is 2.30. The molecular weight excluding hydrogens is 381 g/mol. The maximum Gasteiger partial charge on any atom is 0.416 e. The summed E-state index contributed by atoms with van der Waals surface area (Å²) in [6, 6.07) is 4.18. The van der Waals surface area contributed by atoms with Crippen molar-refractivity contribution in [2.75, 3.05) is 34.2 Å². The number of amides is 1. The topological polar surface area (TPSA) is 32.8 Å². The van der Waals surface area contributed by atoms with Gasteiger partial charge in [-0.3, -0.25) is 0 Å². The minimum absolute atomic E-state index is 0.119. The summed E-state index contributed by atoms with van der Waals surface area (Å²) in [5, 5.41) is 0. The Morgan fingerprint density at radius 1 is 0.966 bits per heavy atom. The third-order valence-electron chi connectivity index (χ3n) is 5.76. The number of ether oxygens (including phenoxy) is 1. The molecule has 0 unspecified atom stereocenters. The Bertz CT molecular complexity index is 624. The molecule has 164 valence electrons. The number of carbonyl (C=O) groups is 1. The molecule has 1 aromatic rings. The van der Waals surface area contributed by atoms with Crippen LogP contribution in [0.2, 0.25) is 0 Å². The van der Waals surface area contributed by atoms with Crippen LogP contribution in [0.5, 0.6) is 5.75 Å². The molecule has 1 fully saturated rings. The molecule has 0 aromatic heterocycles. The van der Waals surface area contributed by atoms with E-state index in [0.29, 0.717) is 12.5 Å². The van der Waals surface area contributed by atoms with Gasteiger partial charge in [0.1, 0.15) is 5.75 Å². The first-order valence-electron chi connectivity index (χ1n) is 10.4. The van der Waals surface area contributed by atoms with Gasteiger partial charge in [0.05, 0.1) is 5.56 Å². The van der Waals surface area contributed by atoms with Crippen molar-refractivity contribution in [1.29, 1.82) is 0 Å². The second-order valence-corrected chi connectivity index (χ2v) is 8.43. The predicted octanol–water partition coefficient (Wildman–Crippen LogP) is 5.67. The van der Waals surface area contributed by atoms with Gasteiger partial charge >= 0.3 is 12.3 Å². The summed E-state index contributed by atoms with van der Waals surface area (Å²) in [4.78, 5) is 15.9. The van der Waals surface area contributed by atoms with Crippen LogP contribution in [-0.2, 0) is 6.18 Å². The number of hydrogen-bond donors (Lipinski definition) is 0. The highest BCUT2D eigenvalue weighted by Crippen LogP contribution is 2.33. The fraction of sp³-hybridized carbons (Fsp3) is 0.682. The number of hydrogen-bond acceptors (Lipinski definition) is 3. The summed E-state index contributed by atoms with van der Waals surface area (Å²) in [6.45, 7) is 1.74. The van der Waals surface area contributed by atoms with E-state index < -0.39 is 17.8 Å². The third kappa shape index (κ3) is 8.25. The lowest BCUT2D eigenvalue weighted by molar-refractivity contribution is -0.137. The van der Waals surface area contributed by atoms with E-state index in [4.69, 9.17) is 4.74 Å². The fourth-order valence-electron chi connectivity index (χ4n) is 3.86. The molecule has 0 N–H and O–H groups in total. The van der Waals surface area contributed by atoms with Crippen molar-refractivity contribution in [1.82, 2.24) is 9.80 Å². The molecule has 0 atom stereocenters. The zero-order valence-electron chi connectivity index (χ0n) is 17.7. The van der Waals surface area contributed by atoms with Crippen LogP contribution in [0.15, 0.2) is 24.3 Å². The second kappa shape index (κ2) is 10.9. The number of rotatable bonds is 8. The zero-order chi connectivity index (χ0) is 21.4. The Balaban J connectivity index is 1.67. The predicted molar refractivity (Wildman–Crippen MR) is 108 cm³/mol. The van der Waals surface area contributed by atoms with Gasteiger partial charge < -0.3 is 14.5 Å². The van der Waals surface area contributed by atoms with Crippen molar-refractivity contribution in [2.24, 2.45) is 11.8 Å². The minimum atomic E-state index is -4.40. The van der Waals surface area contributed by atoms with Crippen LogP contribution in [0.25, 0.3) is 0 Å². The van der Waals surface area contributed by atoms with Crippen LogP contribution >= 0.6 is 0 Å². The van der Waals surface area contributed by atoms with Gasteiger partial charge in [-0.15, -0.1) is 0 Å². The van der Waals surface area contributed by atoms with E-state index in [1.165, 1.54) is 55.6 Å². The van der Waals surface area contributed by atoms with Crippen LogP contribution in [-0.4, -0.2) is 50.1 Å². The lowest BCUT2D eigenvalue weighted by Gasteiger charge is -2.29. The molecule has 0 heterocycles.